The van der Waals surface area contributed by atoms with Gasteiger partial charge in [0.15, 0.2) is 4.96 Å². The number of imidazole rings is 1. The van der Waals surface area contributed by atoms with E-state index in [1.807, 2.05) is 16.0 Å². The first kappa shape index (κ1) is 14.3. The van der Waals surface area contributed by atoms with E-state index >= 15 is 0 Å². The zero-order valence-corrected chi connectivity index (χ0v) is 13.3. The predicted molar refractivity (Wildman–Crippen MR) is 81.0 cm³/mol. The summed E-state index contributed by atoms with van der Waals surface area (Å²) in [4.78, 5) is 5.11. The third-order valence-electron chi connectivity index (χ3n) is 2.97. The number of benzene rings is 1. The minimum absolute atomic E-state index is 0.201. The van der Waals surface area contributed by atoms with Gasteiger partial charge in [0, 0.05) is 17.6 Å². The summed E-state index contributed by atoms with van der Waals surface area (Å²) < 4.78 is 34.2. The molecule has 0 aliphatic rings. The number of halogens is 3. The number of hydrogen-bond donors (Lipinski definition) is 1. The molecule has 1 aromatic carbocycles. The second-order valence-electron chi connectivity index (χ2n) is 4.22. The molecule has 3 aromatic rings. The minimum atomic E-state index is -0.652. The van der Waals surface area contributed by atoms with Crippen molar-refractivity contribution in [1.82, 2.24) is 9.38 Å². The van der Waals surface area contributed by atoms with Gasteiger partial charge in [0.2, 0.25) is 5.88 Å². The van der Waals surface area contributed by atoms with Crippen LogP contribution in [0.1, 0.15) is 5.69 Å². The first-order chi connectivity index (χ1) is 10.1. The van der Waals surface area contributed by atoms with Crippen LogP contribution in [0.5, 0.6) is 5.88 Å². The summed E-state index contributed by atoms with van der Waals surface area (Å²) in [5.41, 5.74) is 0.976. The summed E-state index contributed by atoms with van der Waals surface area (Å²) in [6, 6.07) is 2.20. The lowest BCUT2D eigenvalue weighted by Crippen LogP contribution is -2.05. The van der Waals surface area contributed by atoms with Crippen LogP contribution in [0.15, 0.2) is 28.2 Å². The van der Waals surface area contributed by atoms with Gasteiger partial charge < -0.3 is 10.1 Å². The van der Waals surface area contributed by atoms with Gasteiger partial charge in [0.05, 0.1) is 23.8 Å². The van der Waals surface area contributed by atoms with Crippen LogP contribution in [0.25, 0.3) is 4.96 Å². The third kappa shape index (κ3) is 2.60. The number of fused-ring (bicyclic) bond motifs is 1. The van der Waals surface area contributed by atoms with E-state index in [9.17, 15) is 8.78 Å². The number of nitrogens with one attached hydrogen (secondary N) is 1. The topological polar surface area (TPSA) is 38.6 Å². The van der Waals surface area contributed by atoms with Crippen molar-refractivity contribution in [3.05, 3.63) is 45.5 Å². The lowest BCUT2D eigenvalue weighted by Gasteiger charge is -2.09. The van der Waals surface area contributed by atoms with Crippen molar-refractivity contribution in [2.24, 2.45) is 0 Å². The molecule has 0 aliphatic carbocycles. The summed E-state index contributed by atoms with van der Waals surface area (Å²) in [6.07, 6.45) is 1.86. The summed E-state index contributed by atoms with van der Waals surface area (Å²) in [7, 11) is 1.53. The van der Waals surface area contributed by atoms with Gasteiger partial charge in [0.1, 0.15) is 17.3 Å². The van der Waals surface area contributed by atoms with Crippen LogP contribution >= 0.6 is 27.3 Å². The fourth-order valence-electron chi connectivity index (χ4n) is 1.97. The van der Waals surface area contributed by atoms with Crippen LogP contribution in [-0.2, 0) is 6.54 Å². The average molecular weight is 374 g/mol. The first-order valence-corrected chi connectivity index (χ1v) is 7.64. The molecule has 0 radical (unpaired) electrons. The van der Waals surface area contributed by atoms with Crippen molar-refractivity contribution < 1.29 is 13.5 Å². The van der Waals surface area contributed by atoms with Crippen molar-refractivity contribution >= 4 is 37.9 Å². The Morgan fingerprint density at radius 2 is 2.19 bits per heavy atom. The SMILES string of the molecule is COc1nc2sccn2c1CNc1cc(Br)c(F)cc1F. The Balaban J connectivity index is 1.89. The number of hydrogen-bond acceptors (Lipinski definition) is 4. The van der Waals surface area contributed by atoms with Gasteiger partial charge in [-0.15, -0.1) is 11.3 Å². The standard InChI is InChI=1S/C13H10BrF2N3OS/c1-20-12-11(19-2-3-21-13(19)18-12)6-17-10-4-7(14)8(15)5-9(10)16/h2-5,17H,6H2,1H3. The Hall–Kier alpha value is -1.67. The fraction of sp³-hybridized carbons (Fsp3) is 0.154. The number of aromatic nitrogens is 2. The van der Waals surface area contributed by atoms with Crippen LogP contribution in [0.4, 0.5) is 14.5 Å². The second kappa shape index (κ2) is 5.61. The van der Waals surface area contributed by atoms with Crippen LogP contribution in [0.3, 0.4) is 0 Å². The summed E-state index contributed by atoms with van der Waals surface area (Å²) in [5, 5.41) is 4.84. The largest absolute Gasteiger partial charge is 0.480 e. The van der Waals surface area contributed by atoms with E-state index in [1.165, 1.54) is 24.5 Å². The molecule has 0 unspecified atom stereocenters. The number of thiazole rings is 1. The number of methoxy groups -OCH3 is 1. The smallest absolute Gasteiger partial charge is 0.238 e. The van der Waals surface area contributed by atoms with Gasteiger partial charge in [-0.1, -0.05) is 0 Å². The Bertz CT molecular complexity index is 802. The maximum Gasteiger partial charge on any atom is 0.238 e. The highest BCUT2D eigenvalue weighted by Crippen LogP contribution is 2.27. The first-order valence-electron chi connectivity index (χ1n) is 5.97. The van der Waals surface area contributed by atoms with Gasteiger partial charge in [0.25, 0.3) is 0 Å². The van der Waals surface area contributed by atoms with Crippen molar-refractivity contribution in [2.45, 2.75) is 6.54 Å². The molecule has 21 heavy (non-hydrogen) atoms. The Kier molecular flexibility index (Phi) is 3.81. The van der Waals surface area contributed by atoms with Gasteiger partial charge in [-0.2, -0.15) is 4.98 Å². The molecule has 2 heterocycles. The van der Waals surface area contributed by atoms with E-state index in [0.29, 0.717) is 12.4 Å². The zero-order valence-electron chi connectivity index (χ0n) is 10.9. The van der Waals surface area contributed by atoms with Crippen molar-refractivity contribution in [1.29, 1.82) is 0 Å². The van der Waals surface area contributed by atoms with E-state index in [0.717, 1.165) is 16.7 Å². The van der Waals surface area contributed by atoms with Crippen LogP contribution in [-0.4, -0.2) is 16.5 Å². The Morgan fingerprint density at radius 3 is 2.95 bits per heavy atom. The van der Waals surface area contributed by atoms with Crippen molar-refractivity contribution in [2.75, 3.05) is 12.4 Å². The van der Waals surface area contributed by atoms with E-state index in [4.69, 9.17) is 4.74 Å². The molecule has 3 rings (SSSR count). The highest BCUT2D eigenvalue weighted by atomic mass is 79.9. The van der Waals surface area contributed by atoms with Crippen molar-refractivity contribution in [3.63, 3.8) is 0 Å². The number of nitrogens with zero attached hydrogens (tertiary/aromatic N) is 2. The molecule has 2 aromatic heterocycles. The average Bonchev–Trinajstić information content (AvgIpc) is 3.02. The fourth-order valence-corrected chi connectivity index (χ4v) is 3.04. The van der Waals surface area contributed by atoms with E-state index in [2.05, 4.69) is 26.2 Å². The molecule has 0 atom stereocenters. The lowest BCUT2D eigenvalue weighted by atomic mass is 10.3. The normalized spacial score (nSPS) is 11.0. The minimum Gasteiger partial charge on any atom is -0.480 e. The van der Waals surface area contributed by atoms with Gasteiger partial charge in [-0.25, -0.2) is 8.78 Å². The van der Waals surface area contributed by atoms with Gasteiger partial charge in [-0.3, -0.25) is 4.40 Å². The quantitative estimate of drug-likeness (QED) is 0.700. The third-order valence-corrected chi connectivity index (χ3v) is 4.34. The monoisotopic (exact) mass is 373 g/mol. The highest BCUT2D eigenvalue weighted by molar-refractivity contribution is 9.10. The van der Waals surface area contributed by atoms with Crippen LogP contribution in [0, 0.1) is 11.6 Å². The second-order valence-corrected chi connectivity index (χ2v) is 5.95. The molecule has 0 spiro atoms. The summed E-state index contributed by atoms with van der Waals surface area (Å²) >= 11 is 4.52. The molecular weight excluding hydrogens is 364 g/mol. The van der Waals surface area contributed by atoms with Crippen molar-refractivity contribution in [3.8, 4) is 5.88 Å². The highest BCUT2D eigenvalue weighted by Gasteiger charge is 2.15. The van der Waals surface area contributed by atoms with Gasteiger partial charge >= 0.3 is 0 Å². The summed E-state index contributed by atoms with van der Waals surface area (Å²) in [5.74, 6) is -0.808. The molecule has 8 heteroatoms. The molecule has 0 saturated carbocycles. The zero-order chi connectivity index (χ0) is 15.0. The Morgan fingerprint density at radius 1 is 1.38 bits per heavy atom. The number of rotatable bonds is 4. The number of anilines is 1. The van der Waals surface area contributed by atoms with E-state index < -0.39 is 11.6 Å². The molecule has 0 saturated heterocycles. The molecule has 0 aliphatic heterocycles. The maximum atomic E-state index is 13.7. The molecule has 0 bridgehead atoms. The molecule has 1 N–H and O–H groups in total. The summed E-state index contributed by atoms with van der Waals surface area (Å²) in [6.45, 7) is 0.302. The molecule has 0 amide bonds. The Labute approximate surface area is 131 Å². The predicted octanol–water partition coefficient (Wildman–Crippen LogP) is 4.06. The molecule has 110 valence electrons. The van der Waals surface area contributed by atoms with E-state index in [1.54, 1.807) is 0 Å². The lowest BCUT2D eigenvalue weighted by molar-refractivity contribution is 0.395. The van der Waals surface area contributed by atoms with E-state index in [-0.39, 0.29) is 10.2 Å². The molecule has 0 fully saturated rings. The molecule has 4 nitrogen and oxygen atoms in total. The molecular formula is C13H10BrF2N3OS. The number of ether oxygens (including phenoxy) is 1. The van der Waals surface area contributed by atoms with Gasteiger partial charge in [-0.05, 0) is 22.0 Å². The van der Waals surface area contributed by atoms with Crippen LogP contribution in [0.2, 0.25) is 0 Å². The van der Waals surface area contributed by atoms with Crippen LogP contribution < -0.4 is 10.1 Å². The maximum absolute atomic E-state index is 13.7.